The molecular weight excluding hydrogens is 562 g/mol. The molecule has 3 aromatic rings. The van der Waals surface area contributed by atoms with Crippen LogP contribution in [0.1, 0.15) is 37.9 Å². The molecule has 0 bridgehead atoms. The number of hydrogen-bond donors (Lipinski definition) is 1. The fourth-order valence-corrected chi connectivity index (χ4v) is 4.43. The molecule has 1 aromatic carbocycles. The predicted molar refractivity (Wildman–Crippen MR) is 156 cm³/mol. The van der Waals surface area contributed by atoms with Crippen LogP contribution in [0, 0.1) is 17.6 Å². The van der Waals surface area contributed by atoms with E-state index in [-0.39, 0.29) is 36.5 Å². The molecule has 0 aliphatic heterocycles. The largest absolute Gasteiger partial charge is 0.436 e. The number of allylic oxidation sites excluding steroid dienone is 1. The normalized spacial score (nSPS) is 13.7. The van der Waals surface area contributed by atoms with Crippen LogP contribution in [0.5, 0.6) is 0 Å². The number of carbonyl (C=O) groups excluding carboxylic acids is 3. The van der Waals surface area contributed by atoms with Crippen molar-refractivity contribution in [3.63, 3.8) is 0 Å². The van der Waals surface area contributed by atoms with Crippen LogP contribution >= 0.6 is 0 Å². The van der Waals surface area contributed by atoms with Crippen LogP contribution in [0.3, 0.4) is 0 Å². The summed E-state index contributed by atoms with van der Waals surface area (Å²) in [6.07, 6.45) is 5.93. The van der Waals surface area contributed by atoms with Crippen molar-refractivity contribution in [3.05, 3.63) is 70.4 Å². The summed E-state index contributed by atoms with van der Waals surface area (Å²) in [5.74, 6) is -1.89. The van der Waals surface area contributed by atoms with Crippen molar-refractivity contribution >= 4 is 34.6 Å². The van der Waals surface area contributed by atoms with E-state index in [2.05, 4.69) is 10.3 Å². The Morgan fingerprint density at radius 3 is 2.53 bits per heavy atom. The van der Waals surface area contributed by atoms with Gasteiger partial charge in [0.25, 0.3) is 11.5 Å². The van der Waals surface area contributed by atoms with Crippen molar-refractivity contribution < 1.29 is 27.9 Å². The zero-order chi connectivity index (χ0) is 31.3. The van der Waals surface area contributed by atoms with Crippen LogP contribution < -0.4 is 10.9 Å². The first-order valence-corrected chi connectivity index (χ1v) is 14.0. The lowest BCUT2D eigenvalue weighted by Gasteiger charge is -2.20. The summed E-state index contributed by atoms with van der Waals surface area (Å²) in [6, 6.07) is 5.16. The first-order valence-electron chi connectivity index (χ1n) is 14.0. The van der Waals surface area contributed by atoms with Crippen LogP contribution in [-0.2, 0) is 27.4 Å². The third-order valence-electron chi connectivity index (χ3n) is 7.11. The molecule has 230 valence electrons. The number of rotatable bonds is 12. The van der Waals surface area contributed by atoms with E-state index < -0.39 is 35.3 Å². The number of carbonyl (C=O) groups is 3. The number of amides is 3. The summed E-state index contributed by atoms with van der Waals surface area (Å²) in [5.41, 5.74) is 0.144. The van der Waals surface area contributed by atoms with E-state index in [1.807, 2.05) is 0 Å². The van der Waals surface area contributed by atoms with Crippen LogP contribution in [0.25, 0.3) is 11.0 Å². The summed E-state index contributed by atoms with van der Waals surface area (Å²) in [4.78, 5) is 57.7. The zero-order valence-corrected chi connectivity index (χ0v) is 24.7. The fraction of sp³-hybridized carbons (Fsp3) is 0.433. The highest BCUT2D eigenvalue weighted by atomic mass is 19.2. The molecule has 1 unspecified atom stereocenters. The van der Waals surface area contributed by atoms with E-state index >= 15 is 0 Å². The summed E-state index contributed by atoms with van der Waals surface area (Å²) in [5, 5.41) is 2.56. The first-order chi connectivity index (χ1) is 20.4. The number of pyridine rings is 1. The van der Waals surface area contributed by atoms with Gasteiger partial charge in [-0.3, -0.25) is 14.4 Å². The van der Waals surface area contributed by atoms with Gasteiger partial charge in [-0.2, -0.15) is 0 Å². The SMILES string of the molecule is CN(C)C(=O)/C=C/CCC(OC(=O)N(C)C)C(=O)Nc1cccn(Cc2nc3cc(F)c(F)cc3n2CCC2CC2)c1=O. The van der Waals surface area contributed by atoms with Crippen molar-refractivity contribution in [1.82, 2.24) is 23.9 Å². The lowest BCUT2D eigenvalue weighted by molar-refractivity contribution is -0.125. The molecule has 0 spiro atoms. The number of nitrogens with one attached hydrogen (secondary N) is 1. The minimum absolute atomic E-state index is 0.00509. The second-order valence-corrected chi connectivity index (χ2v) is 11.0. The number of fused-ring (bicyclic) bond motifs is 1. The number of ether oxygens (including phenoxy) is 1. The molecule has 0 saturated heterocycles. The maximum Gasteiger partial charge on any atom is 0.410 e. The molecule has 1 fully saturated rings. The van der Waals surface area contributed by atoms with Crippen LogP contribution in [0.2, 0.25) is 0 Å². The number of nitrogens with zero attached hydrogens (tertiary/aromatic N) is 5. The smallest absolute Gasteiger partial charge is 0.410 e. The molecule has 1 N–H and O–H groups in total. The zero-order valence-electron chi connectivity index (χ0n) is 24.7. The molecule has 13 heteroatoms. The third kappa shape index (κ3) is 8.05. The molecule has 3 amide bonds. The number of anilines is 1. The number of halogens is 2. The number of aryl methyl sites for hydroxylation is 1. The highest BCUT2D eigenvalue weighted by Gasteiger charge is 2.25. The van der Waals surface area contributed by atoms with Gasteiger partial charge < -0.3 is 29.0 Å². The van der Waals surface area contributed by atoms with Gasteiger partial charge in [0.1, 0.15) is 11.5 Å². The third-order valence-corrected chi connectivity index (χ3v) is 7.11. The van der Waals surface area contributed by atoms with E-state index in [0.717, 1.165) is 31.4 Å². The second kappa shape index (κ2) is 13.6. The monoisotopic (exact) mass is 598 g/mol. The number of imidazole rings is 1. The molecular formula is C30H36F2N6O5. The highest BCUT2D eigenvalue weighted by Crippen LogP contribution is 2.33. The Morgan fingerprint density at radius 1 is 1.14 bits per heavy atom. The number of aromatic nitrogens is 3. The topological polar surface area (TPSA) is 119 Å². The Kier molecular flexibility index (Phi) is 9.94. The van der Waals surface area contributed by atoms with Gasteiger partial charge in [0, 0.05) is 53.1 Å². The molecule has 0 radical (unpaired) electrons. The standard InChI is InChI=1S/C30H36F2N6O5/c1-35(2)27(39)10-6-5-9-25(43-30(42)36(3)4)28(40)34-22-8-7-14-37(29(22)41)18-26-33-23-16-20(31)21(32)17-24(23)38(26)15-13-19-11-12-19/h6-8,10,14,16-17,19,25H,5,9,11-13,15,18H2,1-4H3,(H,34,40)/b10-6+. The summed E-state index contributed by atoms with van der Waals surface area (Å²) in [7, 11) is 6.17. The van der Waals surface area contributed by atoms with Crippen molar-refractivity contribution in [2.75, 3.05) is 33.5 Å². The fourth-order valence-electron chi connectivity index (χ4n) is 4.43. The molecule has 2 heterocycles. The Hall–Kier alpha value is -4.55. The summed E-state index contributed by atoms with van der Waals surface area (Å²) < 4.78 is 36.6. The average molecular weight is 599 g/mol. The van der Waals surface area contributed by atoms with Gasteiger partial charge in [-0.1, -0.05) is 18.9 Å². The molecule has 43 heavy (non-hydrogen) atoms. The van der Waals surface area contributed by atoms with Gasteiger partial charge in [-0.25, -0.2) is 18.6 Å². The Balaban J connectivity index is 1.54. The van der Waals surface area contributed by atoms with E-state index in [4.69, 9.17) is 4.74 Å². The summed E-state index contributed by atoms with van der Waals surface area (Å²) in [6.45, 7) is 0.537. The average Bonchev–Trinajstić information content (AvgIpc) is 3.73. The van der Waals surface area contributed by atoms with Gasteiger partial charge in [0.15, 0.2) is 17.7 Å². The molecule has 1 aliphatic rings. The minimum atomic E-state index is -1.24. The quantitative estimate of drug-likeness (QED) is 0.317. The molecule has 1 saturated carbocycles. The molecule has 11 nitrogen and oxygen atoms in total. The van der Waals surface area contributed by atoms with E-state index in [1.54, 1.807) is 30.8 Å². The lowest BCUT2D eigenvalue weighted by atomic mass is 10.1. The second-order valence-electron chi connectivity index (χ2n) is 11.0. The van der Waals surface area contributed by atoms with Gasteiger partial charge in [-0.05, 0) is 43.4 Å². The van der Waals surface area contributed by atoms with Crippen molar-refractivity contribution in [2.24, 2.45) is 5.92 Å². The lowest BCUT2D eigenvalue weighted by Crippen LogP contribution is -2.37. The first kappa shape index (κ1) is 31.4. The number of benzene rings is 1. The Labute approximate surface area is 247 Å². The molecule has 1 aliphatic carbocycles. The number of likely N-dealkylation sites (N-methyl/N-ethyl adjacent to an activating group) is 1. The van der Waals surface area contributed by atoms with E-state index in [0.29, 0.717) is 23.8 Å². The molecule has 4 rings (SSSR count). The van der Waals surface area contributed by atoms with Crippen LogP contribution in [0.15, 0.2) is 47.4 Å². The van der Waals surface area contributed by atoms with Crippen molar-refractivity contribution in [3.8, 4) is 0 Å². The summed E-state index contributed by atoms with van der Waals surface area (Å²) >= 11 is 0. The van der Waals surface area contributed by atoms with E-state index in [9.17, 15) is 28.0 Å². The van der Waals surface area contributed by atoms with Gasteiger partial charge in [-0.15, -0.1) is 0 Å². The van der Waals surface area contributed by atoms with Crippen LogP contribution in [0.4, 0.5) is 19.3 Å². The highest BCUT2D eigenvalue weighted by molar-refractivity contribution is 5.95. The van der Waals surface area contributed by atoms with Gasteiger partial charge in [0.05, 0.1) is 17.6 Å². The molecule has 2 aromatic heterocycles. The maximum atomic E-state index is 14.1. The van der Waals surface area contributed by atoms with Crippen molar-refractivity contribution in [2.45, 2.75) is 51.3 Å². The van der Waals surface area contributed by atoms with Crippen LogP contribution in [-0.4, -0.2) is 76.1 Å². The Bertz CT molecular complexity index is 1590. The molecule has 1 atom stereocenters. The van der Waals surface area contributed by atoms with Gasteiger partial charge in [0.2, 0.25) is 5.91 Å². The minimum Gasteiger partial charge on any atom is -0.436 e. The predicted octanol–water partition coefficient (Wildman–Crippen LogP) is 3.75. The van der Waals surface area contributed by atoms with Crippen molar-refractivity contribution in [1.29, 1.82) is 0 Å². The van der Waals surface area contributed by atoms with Gasteiger partial charge >= 0.3 is 6.09 Å². The number of hydrogen-bond acceptors (Lipinski definition) is 6. The Morgan fingerprint density at radius 2 is 1.86 bits per heavy atom. The maximum absolute atomic E-state index is 14.1. The van der Waals surface area contributed by atoms with E-state index in [1.165, 1.54) is 46.8 Å².